The van der Waals surface area contributed by atoms with E-state index in [9.17, 15) is 9.59 Å². The number of nitrogens with zero attached hydrogens (tertiary/aromatic N) is 3. The number of unbranched alkanes of at least 4 members (excludes halogenated alkanes) is 1. The fraction of sp³-hybridized carbons (Fsp3) is 0.667. The van der Waals surface area contributed by atoms with Gasteiger partial charge >= 0.3 is 5.97 Å². The van der Waals surface area contributed by atoms with Crippen LogP contribution in [0.3, 0.4) is 0 Å². The Morgan fingerprint density at radius 1 is 1.32 bits per heavy atom. The van der Waals surface area contributed by atoms with Crippen LogP contribution in [-0.2, 0) is 9.53 Å². The number of thiazole rings is 1. The van der Waals surface area contributed by atoms with Crippen LogP contribution in [0.2, 0.25) is 0 Å². The molecule has 1 atom stereocenters. The van der Waals surface area contributed by atoms with Gasteiger partial charge in [-0.2, -0.15) is 0 Å². The second kappa shape index (κ2) is 13.7. The van der Waals surface area contributed by atoms with Gasteiger partial charge in [-0.1, -0.05) is 13.3 Å². The molecule has 1 unspecified atom stereocenters. The fourth-order valence-electron chi connectivity index (χ4n) is 2.08. The number of hydrogen-bond acceptors (Lipinski definition) is 6. The second-order valence-corrected chi connectivity index (χ2v) is 7.32. The predicted molar refractivity (Wildman–Crippen MR) is 124 cm³/mol. The SMILES string of the molecule is CCCCNC(=NCC(=O)N(C)C)NC(C)c1nc(C)c(C(=O)OCC)s1.I. The number of guanidine groups is 1. The maximum atomic E-state index is 12.0. The van der Waals surface area contributed by atoms with Crippen molar-refractivity contribution in [2.24, 2.45) is 4.99 Å². The summed E-state index contributed by atoms with van der Waals surface area (Å²) in [6.07, 6.45) is 2.06. The van der Waals surface area contributed by atoms with Crippen LogP contribution in [0.5, 0.6) is 0 Å². The maximum Gasteiger partial charge on any atom is 0.350 e. The number of aliphatic imine (C=N–C) groups is 1. The molecule has 1 heterocycles. The molecule has 8 nitrogen and oxygen atoms in total. The lowest BCUT2D eigenvalue weighted by molar-refractivity contribution is -0.127. The first-order valence-electron chi connectivity index (χ1n) is 9.19. The van der Waals surface area contributed by atoms with Crippen molar-refractivity contribution in [3.63, 3.8) is 0 Å². The smallest absolute Gasteiger partial charge is 0.350 e. The summed E-state index contributed by atoms with van der Waals surface area (Å²) in [5, 5.41) is 7.26. The van der Waals surface area contributed by atoms with Crippen molar-refractivity contribution in [2.45, 2.75) is 46.6 Å². The van der Waals surface area contributed by atoms with Gasteiger partial charge in [-0.25, -0.2) is 14.8 Å². The van der Waals surface area contributed by atoms with Gasteiger partial charge in [0.05, 0.1) is 18.3 Å². The van der Waals surface area contributed by atoms with Gasteiger partial charge in [0.25, 0.3) is 0 Å². The lowest BCUT2D eigenvalue weighted by Gasteiger charge is -2.17. The van der Waals surface area contributed by atoms with Crippen molar-refractivity contribution in [3.8, 4) is 0 Å². The molecule has 1 aromatic rings. The van der Waals surface area contributed by atoms with Crippen LogP contribution in [0.15, 0.2) is 4.99 Å². The third-order valence-electron chi connectivity index (χ3n) is 3.69. The van der Waals surface area contributed by atoms with Gasteiger partial charge in [-0.15, -0.1) is 35.3 Å². The molecule has 0 aliphatic heterocycles. The molecule has 160 valence electrons. The summed E-state index contributed by atoms with van der Waals surface area (Å²) < 4.78 is 5.07. The Balaban J connectivity index is 0.00000729. The summed E-state index contributed by atoms with van der Waals surface area (Å²) >= 11 is 1.31. The quantitative estimate of drug-likeness (QED) is 0.169. The number of aryl methyl sites for hydroxylation is 1. The number of carbonyl (C=O) groups excluding carboxylic acids is 2. The molecule has 0 aliphatic rings. The van der Waals surface area contributed by atoms with Crippen molar-refractivity contribution < 1.29 is 14.3 Å². The van der Waals surface area contributed by atoms with E-state index in [1.807, 2.05) is 6.92 Å². The van der Waals surface area contributed by atoms with E-state index in [-0.39, 0.29) is 48.4 Å². The average Bonchev–Trinajstić information content (AvgIpc) is 3.01. The minimum absolute atomic E-state index is 0. The Bertz CT molecular complexity index is 664. The lowest BCUT2D eigenvalue weighted by atomic mass is 10.3. The van der Waals surface area contributed by atoms with E-state index in [0.717, 1.165) is 24.4 Å². The van der Waals surface area contributed by atoms with Gasteiger partial charge in [-0.05, 0) is 27.2 Å². The summed E-state index contributed by atoms with van der Waals surface area (Å²) in [7, 11) is 3.40. The summed E-state index contributed by atoms with van der Waals surface area (Å²) in [5.41, 5.74) is 0.655. The van der Waals surface area contributed by atoms with Crippen LogP contribution in [0.4, 0.5) is 0 Å². The number of amides is 1. The van der Waals surface area contributed by atoms with Gasteiger partial charge in [-0.3, -0.25) is 4.79 Å². The standard InChI is InChI=1S/C18H31N5O3S.HI/c1-7-9-10-19-18(20-11-14(24)23(5)6)22-13(4)16-21-12(3)15(27-16)17(25)26-8-2;/h13H,7-11H2,1-6H3,(H2,19,20,22);1H. The van der Waals surface area contributed by atoms with Gasteiger partial charge in [0.15, 0.2) is 5.96 Å². The maximum absolute atomic E-state index is 12.0. The van der Waals surface area contributed by atoms with Crippen LogP contribution in [0.25, 0.3) is 0 Å². The number of nitrogens with one attached hydrogen (secondary N) is 2. The molecule has 10 heteroatoms. The van der Waals surface area contributed by atoms with E-state index >= 15 is 0 Å². The molecular formula is C18H32IN5O3S. The van der Waals surface area contributed by atoms with Gasteiger partial charge in [0.1, 0.15) is 16.4 Å². The lowest BCUT2D eigenvalue weighted by Crippen LogP contribution is -2.40. The second-order valence-electron chi connectivity index (χ2n) is 6.29. The molecule has 0 spiro atoms. The van der Waals surface area contributed by atoms with Crippen molar-refractivity contribution >= 4 is 53.1 Å². The monoisotopic (exact) mass is 525 g/mol. The summed E-state index contributed by atoms with van der Waals surface area (Å²) in [6, 6.07) is -0.167. The fourth-order valence-corrected chi connectivity index (χ4v) is 3.04. The van der Waals surface area contributed by atoms with Crippen molar-refractivity contribution in [3.05, 3.63) is 15.6 Å². The first-order chi connectivity index (χ1) is 12.8. The van der Waals surface area contributed by atoms with Crippen LogP contribution < -0.4 is 10.6 Å². The van der Waals surface area contributed by atoms with Crippen molar-refractivity contribution in [1.82, 2.24) is 20.5 Å². The zero-order chi connectivity index (χ0) is 20.4. The summed E-state index contributed by atoms with van der Waals surface area (Å²) in [4.78, 5) is 34.7. The topological polar surface area (TPSA) is 95.9 Å². The number of halogens is 1. The normalized spacial score (nSPS) is 12.0. The molecule has 0 aromatic carbocycles. The summed E-state index contributed by atoms with van der Waals surface area (Å²) in [6.45, 7) is 8.78. The zero-order valence-corrected chi connectivity index (χ0v) is 20.6. The first kappa shape index (κ1) is 26.6. The number of likely N-dealkylation sites (N-methyl/N-ethyl adjacent to an activating group) is 1. The zero-order valence-electron chi connectivity index (χ0n) is 17.5. The van der Waals surface area contributed by atoms with Crippen molar-refractivity contribution in [1.29, 1.82) is 0 Å². The molecule has 2 N–H and O–H groups in total. The molecule has 1 rings (SSSR count). The van der Waals surface area contributed by atoms with Crippen LogP contribution in [0, 0.1) is 6.92 Å². The van der Waals surface area contributed by atoms with E-state index in [4.69, 9.17) is 4.74 Å². The molecular weight excluding hydrogens is 493 g/mol. The van der Waals surface area contributed by atoms with E-state index in [0.29, 0.717) is 23.1 Å². The number of ether oxygens (including phenoxy) is 1. The highest BCUT2D eigenvalue weighted by molar-refractivity contribution is 14.0. The number of rotatable bonds is 9. The minimum atomic E-state index is -0.350. The molecule has 1 amide bonds. The van der Waals surface area contributed by atoms with Crippen LogP contribution >= 0.6 is 35.3 Å². The molecule has 0 saturated carbocycles. The summed E-state index contributed by atoms with van der Waals surface area (Å²) in [5.74, 6) is 0.128. The number of esters is 1. The molecule has 1 aromatic heterocycles. The highest BCUT2D eigenvalue weighted by Crippen LogP contribution is 2.24. The predicted octanol–water partition coefficient (Wildman–Crippen LogP) is 2.73. The molecule has 0 saturated heterocycles. The van der Waals surface area contributed by atoms with E-state index < -0.39 is 0 Å². The van der Waals surface area contributed by atoms with Crippen LogP contribution in [-0.4, -0.2) is 61.5 Å². The Labute approximate surface area is 188 Å². The van der Waals surface area contributed by atoms with Crippen LogP contribution in [0.1, 0.15) is 60.0 Å². The number of hydrogen-bond donors (Lipinski definition) is 2. The molecule has 28 heavy (non-hydrogen) atoms. The van der Waals surface area contributed by atoms with E-state index in [2.05, 4.69) is 27.5 Å². The van der Waals surface area contributed by atoms with Gasteiger partial charge in [0.2, 0.25) is 5.91 Å². The average molecular weight is 525 g/mol. The highest BCUT2D eigenvalue weighted by atomic mass is 127. The van der Waals surface area contributed by atoms with E-state index in [1.165, 1.54) is 16.2 Å². The minimum Gasteiger partial charge on any atom is -0.462 e. The Hall–Kier alpha value is -1.43. The molecule has 0 fully saturated rings. The molecule has 0 radical (unpaired) electrons. The third-order valence-corrected chi connectivity index (χ3v) is 5.01. The highest BCUT2D eigenvalue weighted by Gasteiger charge is 2.20. The largest absolute Gasteiger partial charge is 0.462 e. The van der Waals surface area contributed by atoms with E-state index in [1.54, 1.807) is 27.9 Å². The first-order valence-corrected chi connectivity index (χ1v) is 10.0. The third kappa shape index (κ3) is 8.72. The Kier molecular flexibility index (Phi) is 13.0. The van der Waals surface area contributed by atoms with Gasteiger partial charge in [0, 0.05) is 20.6 Å². The number of carbonyl (C=O) groups is 2. The molecule has 0 aliphatic carbocycles. The Morgan fingerprint density at radius 2 is 2.00 bits per heavy atom. The molecule has 0 bridgehead atoms. The Morgan fingerprint density at radius 3 is 2.57 bits per heavy atom. The van der Waals surface area contributed by atoms with Crippen molar-refractivity contribution in [2.75, 3.05) is 33.8 Å². The number of aromatic nitrogens is 1. The van der Waals surface area contributed by atoms with Gasteiger partial charge < -0.3 is 20.3 Å².